The van der Waals surface area contributed by atoms with Gasteiger partial charge in [0.2, 0.25) is 0 Å². The Morgan fingerprint density at radius 1 is 1.23 bits per heavy atom. The van der Waals surface area contributed by atoms with E-state index in [0.29, 0.717) is 17.2 Å². The summed E-state index contributed by atoms with van der Waals surface area (Å²) in [6.07, 6.45) is 1.79. The maximum absolute atomic E-state index is 14.0. The maximum atomic E-state index is 14.0. The van der Waals surface area contributed by atoms with Gasteiger partial charge >= 0.3 is 6.01 Å². The number of hydrogen-bond donors (Lipinski definition) is 0. The van der Waals surface area contributed by atoms with Gasteiger partial charge in [-0.1, -0.05) is 49.2 Å². The topological polar surface area (TPSA) is 57.0 Å². The average molecular weight is 374 g/mol. The number of nitrogens with zero attached hydrogens (tertiary/aromatic N) is 3. The summed E-state index contributed by atoms with van der Waals surface area (Å²) in [5, 5.41) is 4.62. The molecular formula is C19H17ClFN3O2. The van der Waals surface area contributed by atoms with E-state index in [1.807, 2.05) is 6.92 Å². The van der Waals surface area contributed by atoms with E-state index in [1.165, 1.54) is 18.2 Å². The van der Waals surface area contributed by atoms with Gasteiger partial charge in [0, 0.05) is 10.6 Å². The Kier molecular flexibility index (Phi) is 5.63. The van der Waals surface area contributed by atoms with E-state index in [1.54, 1.807) is 30.3 Å². The number of hydrogen-bond acceptors (Lipinski definition) is 4. The number of aromatic nitrogens is 3. The molecule has 0 atom stereocenters. The first kappa shape index (κ1) is 18.1. The summed E-state index contributed by atoms with van der Waals surface area (Å²) in [6.45, 7) is 2.47. The van der Waals surface area contributed by atoms with E-state index < -0.39 is 11.7 Å². The van der Waals surface area contributed by atoms with Gasteiger partial charge in [-0.25, -0.2) is 4.39 Å². The number of benzene rings is 2. The number of unbranched alkanes of at least 4 members (excludes halogenated alkanes) is 1. The van der Waals surface area contributed by atoms with Crippen molar-refractivity contribution in [2.75, 3.05) is 6.61 Å². The predicted octanol–water partition coefficient (Wildman–Crippen LogP) is 4.61. The first-order chi connectivity index (χ1) is 12.6. The van der Waals surface area contributed by atoms with E-state index in [4.69, 9.17) is 16.3 Å². The third kappa shape index (κ3) is 3.91. The van der Waals surface area contributed by atoms with Crippen LogP contribution in [0.5, 0.6) is 6.01 Å². The van der Waals surface area contributed by atoms with E-state index in [0.717, 1.165) is 17.5 Å². The highest BCUT2D eigenvalue weighted by Gasteiger charge is 2.22. The van der Waals surface area contributed by atoms with Crippen molar-refractivity contribution in [2.24, 2.45) is 0 Å². The second kappa shape index (κ2) is 8.10. The van der Waals surface area contributed by atoms with Crippen LogP contribution in [-0.4, -0.2) is 27.3 Å². The average Bonchev–Trinajstić information content (AvgIpc) is 3.06. The quantitative estimate of drug-likeness (QED) is 0.592. The minimum absolute atomic E-state index is 0.0677. The van der Waals surface area contributed by atoms with Crippen LogP contribution in [0.2, 0.25) is 5.02 Å². The second-order valence-corrected chi connectivity index (χ2v) is 6.06. The Morgan fingerprint density at radius 2 is 2.04 bits per heavy atom. The van der Waals surface area contributed by atoms with Gasteiger partial charge in [-0.15, -0.1) is 5.10 Å². The van der Waals surface area contributed by atoms with Gasteiger partial charge in [0.05, 0.1) is 12.2 Å². The normalized spacial score (nSPS) is 10.7. The fourth-order valence-electron chi connectivity index (χ4n) is 2.37. The van der Waals surface area contributed by atoms with Crippen LogP contribution in [0.25, 0.3) is 11.4 Å². The van der Waals surface area contributed by atoms with Crippen LogP contribution in [0.3, 0.4) is 0 Å². The van der Waals surface area contributed by atoms with Crippen LogP contribution in [0.1, 0.15) is 30.1 Å². The largest absolute Gasteiger partial charge is 0.462 e. The van der Waals surface area contributed by atoms with Crippen molar-refractivity contribution in [2.45, 2.75) is 19.8 Å². The third-order valence-electron chi connectivity index (χ3n) is 3.70. The Bertz CT molecular complexity index is 927. The highest BCUT2D eigenvalue weighted by molar-refractivity contribution is 6.30. The summed E-state index contributed by atoms with van der Waals surface area (Å²) in [5.41, 5.74) is 0.487. The molecule has 26 heavy (non-hydrogen) atoms. The fraction of sp³-hybridized carbons (Fsp3) is 0.211. The van der Waals surface area contributed by atoms with Crippen LogP contribution in [-0.2, 0) is 0 Å². The summed E-state index contributed by atoms with van der Waals surface area (Å²) in [6, 6.07) is 12.7. The maximum Gasteiger partial charge on any atom is 0.336 e. The third-order valence-corrected chi connectivity index (χ3v) is 3.93. The number of ether oxygens (including phenoxy) is 1. The van der Waals surface area contributed by atoms with Crippen LogP contribution in [0.4, 0.5) is 4.39 Å². The molecule has 0 saturated carbocycles. The van der Waals surface area contributed by atoms with Crippen molar-refractivity contribution >= 4 is 17.5 Å². The molecule has 0 unspecified atom stereocenters. The molecule has 0 aliphatic carbocycles. The van der Waals surface area contributed by atoms with Crippen molar-refractivity contribution < 1.29 is 13.9 Å². The van der Waals surface area contributed by atoms with Crippen molar-refractivity contribution in [1.82, 2.24) is 14.8 Å². The molecule has 1 heterocycles. The number of rotatable bonds is 6. The monoisotopic (exact) mass is 373 g/mol. The van der Waals surface area contributed by atoms with Gasteiger partial charge < -0.3 is 4.74 Å². The minimum Gasteiger partial charge on any atom is -0.462 e. The lowest BCUT2D eigenvalue weighted by Crippen LogP contribution is -2.16. The molecule has 7 heteroatoms. The van der Waals surface area contributed by atoms with Crippen LogP contribution < -0.4 is 4.74 Å². The molecule has 0 spiro atoms. The van der Waals surface area contributed by atoms with Crippen LogP contribution in [0, 0.1) is 5.82 Å². The van der Waals surface area contributed by atoms with E-state index in [-0.39, 0.29) is 17.4 Å². The summed E-state index contributed by atoms with van der Waals surface area (Å²) in [7, 11) is 0. The Hall–Kier alpha value is -2.73. The SMILES string of the molecule is CCCCOc1nc(-c2cccc(Cl)c2)n(C(=O)c2ccccc2F)n1. The molecule has 0 fully saturated rings. The lowest BCUT2D eigenvalue weighted by atomic mass is 10.2. The molecule has 0 aliphatic rings. The van der Waals surface area contributed by atoms with E-state index >= 15 is 0 Å². The molecule has 5 nitrogen and oxygen atoms in total. The first-order valence-electron chi connectivity index (χ1n) is 8.25. The van der Waals surface area contributed by atoms with Crippen molar-refractivity contribution in [1.29, 1.82) is 0 Å². The van der Waals surface area contributed by atoms with Crippen molar-refractivity contribution in [3.05, 3.63) is 64.9 Å². The summed E-state index contributed by atoms with van der Waals surface area (Å²) in [4.78, 5) is 17.1. The van der Waals surface area contributed by atoms with Gasteiger partial charge in [0.15, 0.2) is 5.82 Å². The van der Waals surface area contributed by atoms with Gasteiger partial charge in [-0.2, -0.15) is 9.67 Å². The molecule has 0 bridgehead atoms. The number of halogens is 2. The number of carbonyl (C=O) groups excluding carboxylic acids is 1. The molecule has 134 valence electrons. The van der Waals surface area contributed by atoms with Gasteiger partial charge in [-0.3, -0.25) is 4.79 Å². The molecule has 0 amide bonds. The standard InChI is InChI=1S/C19H17ClFN3O2/c1-2-3-11-26-19-22-17(13-7-6-8-14(20)12-13)24(23-19)18(25)15-9-4-5-10-16(15)21/h4-10,12H,2-3,11H2,1H3. The van der Waals surface area contributed by atoms with Crippen molar-refractivity contribution in [3.8, 4) is 17.4 Å². The summed E-state index contributed by atoms with van der Waals surface area (Å²) < 4.78 is 20.6. The molecule has 3 aromatic rings. The molecular weight excluding hydrogens is 357 g/mol. The Labute approximate surface area is 155 Å². The van der Waals surface area contributed by atoms with Crippen LogP contribution in [0.15, 0.2) is 48.5 Å². The molecule has 0 N–H and O–H groups in total. The smallest absolute Gasteiger partial charge is 0.336 e. The Balaban J connectivity index is 2.04. The summed E-state index contributed by atoms with van der Waals surface area (Å²) >= 11 is 6.04. The van der Waals surface area contributed by atoms with Crippen molar-refractivity contribution in [3.63, 3.8) is 0 Å². The molecule has 0 saturated heterocycles. The molecule has 0 radical (unpaired) electrons. The lowest BCUT2D eigenvalue weighted by molar-refractivity contribution is 0.0940. The zero-order valence-electron chi connectivity index (χ0n) is 14.2. The second-order valence-electron chi connectivity index (χ2n) is 5.63. The first-order valence-corrected chi connectivity index (χ1v) is 8.63. The van der Waals surface area contributed by atoms with E-state index in [9.17, 15) is 9.18 Å². The molecule has 2 aromatic carbocycles. The van der Waals surface area contributed by atoms with Gasteiger partial charge in [0.1, 0.15) is 5.82 Å². The molecule has 0 aliphatic heterocycles. The fourth-order valence-corrected chi connectivity index (χ4v) is 2.56. The Morgan fingerprint density at radius 3 is 2.77 bits per heavy atom. The highest BCUT2D eigenvalue weighted by atomic mass is 35.5. The minimum atomic E-state index is -0.629. The summed E-state index contributed by atoms with van der Waals surface area (Å²) in [5.74, 6) is -1.01. The zero-order chi connectivity index (χ0) is 18.5. The van der Waals surface area contributed by atoms with Gasteiger partial charge in [-0.05, 0) is 30.7 Å². The van der Waals surface area contributed by atoms with Gasteiger partial charge in [0.25, 0.3) is 5.91 Å². The molecule has 1 aromatic heterocycles. The molecule has 3 rings (SSSR count). The number of carbonyl (C=O) groups is 1. The highest BCUT2D eigenvalue weighted by Crippen LogP contribution is 2.24. The zero-order valence-corrected chi connectivity index (χ0v) is 14.9. The lowest BCUT2D eigenvalue weighted by Gasteiger charge is -2.05. The van der Waals surface area contributed by atoms with E-state index in [2.05, 4.69) is 10.1 Å². The predicted molar refractivity (Wildman–Crippen MR) is 97.0 cm³/mol. The van der Waals surface area contributed by atoms with Crippen LogP contribution >= 0.6 is 11.6 Å².